The molecule has 0 saturated carbocycles. The van der Waals surface area contributed by atoms with Crippen LogP contribution in [0.1, 0.15) is 15.9 Å². The Kier molecular flexibility index (Phi) is 7.18. The van der Waals surface area contributed by atoms with Gasteiger partial charge in [0.2, 0.25) is 0 Å². The number of amides is 1. The van der Waals surface area contributed by atoms with Crippen molar-refractivity contribution in [3.05, 3.63) is 63.6 Å². The van der Waals surface area contributed by atoms with Crippen LogP contribution >= 0.6 is 23.2 Å². The molecule has 1 amide bonds. The Morgan fingerprint density at radius 3 is 2.50 bits per heavy atom. The summed E-state index contributed by atoms with van der Waals surface area (Å²) in [6, 6.07) is 13.0. The number of nitrogens with zero attached hydrogens (tertiary/aromatic N) is 2. The molecule has 1 unspecified atom stereocenters. The second-order valence-corrected chi connectivity index (χ2v) is 7.72. The van der Waals surface area contributed by atoms with E-state index >= 15 is 0 Å². The molecule has 3 rings (SSSR count). The van der Waals surface area contributed by atoms with Gasteiger partial charge in [0, 0.05) is 54.0 Å². The van der Waals surface area contributed by atoms with E-state index in [1.165, 1.54) is 0 Å². The molecule has 150 valence electrons. The molecule has 1 aliphatic heterocycles. The zero-order chi connectivity index (χ0) is 20.1. The summed E-state index contributed by atoms with van der Waals surface area (Å²) >= 11 is 12.3. The van der Waals surface area contributed by atoms with Crippen LogP contribution < -0.4 is 4.90 Å². The van der Waals surface area contributed by atoms with Crippen molar-refractivity contribution in [2.45, 2.75) is 12.7 Å². The molecule has 2 aromatic rings. The summed E-state index contributed by atoms with van der Waals surface area (Å²) < 4.78 is 11.5. The van der Waals surface area contributed by atoms with E-state index in [9.17, 15) is 4.79 Å². The molecule has 0 spiro atoms. The number of hydrogen-bond donors (Lipinski definition) is 0. The van der Waals surface area contributed by atoms with Crippen LogP contribution in [0.5, 0.6) is 0 Å². The summed E-state index contributed by atoms with van der Waals surface area (Å²) in [7, 11) is 3.94. The van der Waals surface area contributed by atoms with Crippen molar-refractivity contribution in [3.8, 4) is 0 Å². The highest BCUT2D eigenvalue weighted by Gasteiger charge is 2.25. The van der Waals surface area contributed by atoms with E-state index in [4.69, 9.17) is 32.7 Å². The van der Waals surface area contributed by atoms with Crippen LogP contribution in [0.25, 0.3) is 0 Å². The molecule has 1 saturated heterocycles. The molecular formula is C21H24Cl2N2O3. The smallest absolute Gasteiger partial charge is 0.254 e. The van der Waals surface area contributed by atoms with Gasteiger partial charge in [-0.3, -0.25) is 4.79 Å². The second kappa shape index (κ2) is 9.61. The van der Waals surface area contributed by atoms with Gasteiger partial charge in [-0.25, -0.2) is 0 Å². The molecule has 0 aromatic heterocycles. The Balaban J connectivity index is 1.54. The lowest BCUT2D eigenvalue weighted by molar-refractivity contribution is -0.0647. The van der Waals surface area contributed by atoms with Gasteiger partial charge in [-0.2, -0.15) is 0 Å². The predicted molar refractivity (Wildman–Crippen MR) is 113 cm³/mol. The van der Waals surface area contributed by atoms with Crippen molar-refractivity contribution in [3.63, 3.8) is 0 Å². The maximum atomic E-state index is 12.8. The van der Waals surface area contributed by atoms with Crippen LogP contribution in [0, 0.1) is 0 Å². The van der Waals surface area contributed by atoms with E-state index in [1.807, 2.05) is 48.2 Å². The maximum Gasteiger partial charge on any atom is 0.254 e. The van der Waals surface area contributed by atoms with Crippen molar-refractivity contribution in [1.82, 2.24) is 4.90 Å². The fourth-order valence-electron chi connectivity index (χ4n) is 3.05. The van der Waals surface area contributed by atoms with Gasteiger partial charge in [0.05, 0.1) is 25.9 Å². The van der Waals surface area contributed by atoms with Gasteiger partial charge in [0.15, 0.2) is 0 Å². The van der Waals surface area contributed by atoms with Crippen LogP contribution in [0.2, 0.25) is 10.0 Å². The minimum absolute atomic E-state index is 0.00718. The third kappa shape index (κ3) is 5.17. The fourth-order valence-corrected chi connectivity index (χ4v) is 3.56. The first-order chi connectivity index (χ1) is 13.5. The van der Waals surface area contributed by atoms with E-state index in [1.54, 1.807) is 18.2 Å². The topological polar surface area (TPSA) is 42.0 Å². The lowest BCUT2D eigenvalue weighted by atomic mass is 10.1. The highest BCUT2D eigenvalue weighted by Crippen LogP contribution is 2.25. The molecule has 0 bridgehead atoms. The van der Waals surface area contributed by atoms with Crippen LogP contribution in [0.3, 0.4) is 0 Å². The molecule has 1 atom stereocenters. The number of rotatable bonds is 6. The van der Waals surface area contributed by atoms with E-state index in [2.05, 4.69) is 0 Å². The van der Waals surface area contributed by atoms with Crippen LogP contribution in [-0.2, 0) is 16.1 Å². The summed E-state index contributed by atoms with van der Waals surface area (Å²) in [6.07, 6.45) is -0.181. The Hall–Kier alpha value is -1.79. The second-order valence-electron chi connectivity index (χ2n) is 6.90. The van der Waals surface area contributed by atoms with E-state index in [0.717, 1.165) is 11.3 Å². The van der Waals surface area contributed by atoms with Crippen molar-refractivity contribution in [1.29, 1.82) is 0 Å². The number of morpholine rings is 1. The first-order valence-corrected chi connectivity index (χ1v) is 9.90. The maximum absolute atomic E-state index is 12.8. The molecule has 2 aromatic carbocycles. The van der Waals surface area contributed by atoms with Crippen molar-refractivity contribution in [2.24, 2.45) is 0 Å². The lowest BCUT2D eigenvalue weighted by Gasteiger charge is -2.33. The zero-order valence-electron chi connectivity index (χ0n) is 16.0. The Morgan fingerprint density at radius 1 is 1.18 bits per heavy atom. The van der Waals surface area contributed by atoms with Gasteiger partial charge in [0.25, 0.3) is 5.91 Å². The van der Waals surface area contributed by atoms with Crippen LogP contribution in [-0.4, -0.2) is 57.3 Å². The van der Waals surface area contributed by atoms with Gasteiger partial charge in [-0.05, 0) is 36.4 Å². The van der Waals surface area contributed by atoms with E-state index in [0.29, 0.717) is 48.5 Å². The normalized spacial score (nSPS) is 16.9. The molecule has 0 radical (unpaired) electrons. The summed E-state index contributed by atoms with van der Waals surface area (Å²) in [5.74, 6) is 0.00718. The summed E-state index contributed by atoms with van der Waals surface area (Å²) in [6.45, 7) is 2.22. The van der Waals surface area contributed by atoms with Crippen molar-refractivity contribution in [2.75, 3.05) is 45.3 Å². The average Bonchev–Trinajstić information content (AvgIpc) is 2.70. The van der Waals surface area contributed by atoms with Gasteiger partial charge in [-0.1, -0.05) is 29.3 Å². The summed E-state index contributed by atoms with van der Waals surface area (Å²) in [5.41, 5.74) is 2.49. The third-order valence-corrected chi connectivity index (χ3v) is 5.38. The molecule has 1 heterocycles. The quantitative estimate of drug-likeness (QED) is 0.701. The summed E-state index contributed by atoms with van der Waals surface area (Å²) in [5, 5.41) is 1.16. The molecule has 0 aliphatic carbocycles. The molecule has 28 heavy (non-hydrogen) atoms. The largest absolute Gasteiger partial charge is 0.378 e. The number of carbonyl (C=O) groups is 1. The highest BCUT2D eigenvalue weighted by molar-refractivity contribution is 6.35. The number of ether oxygens (including phenoxy) is 2. The number of anilines is 1. The first kappa shape index (κ1) is 20.9. The van der Waals surface area contributed by atoms with Gasteiger partial charge >= 0.3 is 0 Å². The SMILES string of the molecule is CN(C)c1ccc(C(=O)N2CCOC(COCc3c(Cl)cccc3Cl)C2)cc1. The third-order valence-electron chi connectivity index (χ3n) is 4.67. The molecular weight excluding hydrogens is 399 g/mol. The monoisotopic (exact) mass is 422 g/mol. The fraction of sp³-hybridized carbons (Fsp3) is 0.381. The predicted octanol–water partition coefficient (Wildman–Crippen LogP) is 4.12. The molecule has 1 fully saturated rings. The minimum Gasteiger partial charge on any atom is -0.378 e. The molecule has 7 heteroatoms. The number of carbonyl (C=O) groups excluding carboxylic acids is 1. The van der Waals surface area contributed by atoms with Gasteiger partial charge in [0.1, 0.15) is 0 Å². The summed E-state index contributed by atoms with van der Waals surface area (Å²) in [4.78, 5) is 16.6. The number of hydrogen-bond acceptors (Lipinski definition) is 4. The highest BCUT2D eigenvalue weighted by atomic mass is 35.5. The average molecular weight is 423 g/mol. The van der Waals surface area contributed by atoms with Gasteiger partial charge in [-0.15, -0.1) is 0 Å². The van der Waals surface area contributed by atoms with Gasteiger partial charge < -0.3 is 19.3 Å². The number of halogens is 2. The Bertz CT molecular complexity index is 792. The standard InChI is InChI=1S/C21H24Cl2N2O3/c1-24(2)16-8-6-15(7-9-16)21(26)25-10-11-28-17(12-25)13-27-14-18-19(22)4-3-5-20(18)23/h3-9,17H,10-14H2,1-2H3. The minimum atomic E-state index is -0.181. The van der Waals surface area contributed by atoms with Crippen LogP contribution in [0.15, 0.2) is 42.5 Å². The Labute approximate surface area is 175 Å². The van der Waals surface area contributed by atoms with Crippen molar-refractivity contribution >= 4 is 34.8 Å². The number of benzene rings is 2. The molecule has 1 aliphatic rings. The molecule has 0 N–H and O–H groups in total. The lowest BCUT2D eigenvalue weighted by Crippen LogP contribution is -2.47. The Morgan fingerprint density at radius 2 is 1.86 bits per heavy atom. The van der Waals surface area contributed by atoms with Crippen molar-refractivity contribution < 1.29 is 14.3 Å². The van der Waals surface area contributed by atoms with E-state index in [-0.39, 0.29) is 12.0 Å². The van der Waals surface area contributed by atoms with E-state index < -0.39 is 0 Å². The zero-order valence-corrected chi connectivity index (χ0v) is 17.5. The van der Waals surface area contributed by atoms with Crippen LogP contribution in [0.4, 0.5) is 5.69 Å². The first-order valence-electron chi connectivity index (χ1n) is 9.14. The molecule has 5 nitrogen and oxygen atoms in total.